The van der Waals surface area contributed by atoms with Crippen LogP contribution in [0.1, 0.15) is 38.1 Å². The van der Waals surface area contributed by atoms with Crippen LogP contribution in [-0.2, 0) is 19.0 Å². The number of benzene rings is 1. The van der Waals surface area contributed by atoms with Gasteiger partial charge in [0, 0.05) is 12.5 Å². The van der Waals surface area contributed by atoms with Gasteiger partial charge in [0.2, 0.25) is 12.2 Å². The number of ether oxygens (including phenoxy) is 4. The zero-order valence-corrected chi connectivity index (χ0v) is 15.8. The van der Waals surface area contributed by atoms with Crippen molar-refractivity contribution < 1.29 is 33.6 Å². The van der Waals surface area contributed by atoms with Crippen LogP contribution in [0.4, 0.5) is 0 Å². The van der Waals surface area contributed by atoms with Gasteiger partial charge in [-0.2, -0.15) is 0 Å². The van der Waals surface area contributed by atoms with Gasteiger partial charge in [0.25, 0.3) is 0 Å². The molecule has 0 aromatic heterocycles. The molecule has 3 rings (SSSR count). The summed E-state index contributed by atoms with van der Waals surface area (Å²) in [7, 11) is 0. The van der Waals surface area contributed by atoms with Crippen molar-refractivity contribution in [2.24, 2.45) is 0 Å². The summed E-state index contributed by atoms with van der Waals surface area (Å²) in [5.74, 6) is -0.788. The quantitative estimate of drug-likeness (QED) is 0.753. The van der Waals surface area contributed by atoms with E-state index in [0.717, 1.165) is 0 Å². The first-order valence-corrected chi connectivity index (χ1v) is 8.86. The maximum Gasteiger partial charge on any atom is 0.223 e. The highest BCUT2D eigenvalue weighted by molar-refractivity contribution is 5.94. The van der Waals surface area contributed by atoms with E-state index in [9.17, 15) is 14.7 Å². The molecule has 0 radical (unpaired) electrons. The highest BCUT2D eigenvalue weighted by atomic mass is 16.8. The Balaban J connectivity index is 1.79. The maximum absolute atomic E-state index is 11.6. The van der Waals surface area contributed by atoms with Gasteiger partial charge >= 0.3 is 0 Å². The second-order valence-corrected chi connectivity index (χ2v) is 7.25. The third-order valence-corrected chi connectivity index (χ3v) is 4.57. The van der Waals surface area contributed by atoms with E-state index in [1.165, 1.54) is 13.8 Å². The molecule has 0 unspecified atom stereocenters. The van der Waals surface area contributed by atoms with E-state index in [2.05, 4.69) is 5.32 Å². The molecule has 0 saturated carbocycles. The van der Waals surface area contributed by atoms with E-state index in [-0.39, 0.29) is 18.3 Å². The van der Waals surface area contributed by atoms with Crippen LogP contribution >= 0.6 is 0 Å². The largest absolute Gasteiger partial charge is 0.463 e. The normalized spacial score (nSPS) is 32.3. The molecule has 5 atom stereocenters. The lowest BCUT2D eigenvalue weighted by atomic mass is 9.95. The van der Waals surface area contributed by atoms with Gasteiger partial charge in [0.15, 0.2) is 11.6 Å². The number of aliphatic hydroxyl groups excluding tert-OH is 1. The van der Waals surface area contributed by atoms with Crippen LogP contribution in [0.25, 0.3) is 0 Å². The summed E-state index contributed by atoms with van der Waals surface area (Å²) in [6, 6.07) is 5.73. The summed E-state index contributed by atoms with van der Waals surface area (Å²) in [4.78, 5) is 23.0. The van der Waals surface area contributed by atoms with Crippen LogP contribution in [0.5, 0.6) is 5.75 Å². The fourth-order valence-corrected chi connectivity index (χ4v) is 3.24. The molecule has 148 valence electrons. The molecule has 1 aromatic carbocycles. The molecule has 2 fully saturated rings. The van der Waals surface area contributed by atoms with Crippen LogP contribution in [-0.4, -0.2) is 59.8 Å². The van der Waals surface area contributed by atoms with Crippen molar-refractivity contribution in [1.82, 2.24) is 5.32 Å². The van der Waals surface area contributed by atoms with Gasteiger partial charge in [-0.05, 0) is 45.0 Å². The zero-order valence-electron chi connectivity index (χ0n) is 15.8. The Bertz CT molecular complexity index is 703. The van der Waals surface area contributed by atoms with Crippen molar-refractivity contribution >= 4 is 11.7 Å². The van der Waals surface area contributed by atoms with Crippen molar-refractivity contribution in [3.63, 3.8) is 0 Å². The van der Waals surface area contributed by atoms with Crippen LogP contribution < -0.4 is 10.1 Å². The summed E-state index contributed by atoms with van der Waals surface area (Å²) >= 11 is 0. The SMILES string of the molecule is CC(=O)N[C@@H]1[C@H](Oc2ccc(C(C)=O)cc2)O[C@@H]2COC(C)(C)O[C@H]2[C@H]1O. The minimum Gasteiger partial charge on any atom is -0.463 e. The monoisotopic (exact) mass is 379 g/mol. The van der Waals surface area contributed by atoms with Gasteiger partial charge in [-0.1, -0.05) is 0 Å². The Morgan fingerprint density at radius 3 is 2.48 bits per heavy atom. The van der Waals surface area contributed by atoms with E-state index in [1.54, 1.807) is 38.1 Å². The number of carbonyl (C=O) groups excluding carboxylic acids is 2. The summed E-state index contributed by atoms with van der Waals surface area (Å²) in [6.45, 7) is 6.57. The van der Waals surface area contributed by atoms with Crippen LogP contribution in [0.15, 0.2) is 24.3 Å². The number of amides is 1. The molecule has 1 amide bonds. The molecule has 2 aliphatic heterocycles. The molecule has 27 heavy (non-hydrogen) atoms. The average molecular weight is 379 g/mol. The number of ketones is 1. The Morgan fingerprint density at radius 2 is 1.89 bits per heavy atom. The molecule has 0 aliphatic carbocycles. The van der Waals surface area contributed by atoms with Gasteiger partial charge < -0.3 is 29.4 Å². The predicted molar refractivity (Wildman–Crippen MR) is 94.3 cm³/mol. The van der Waals surface area contributed by atoms with E-state index in [0.29, 0.717) is 11.3 Å². The minimum atomic E-state index is -1.04. The molecule has 2 saturated heterocycles. The first-order chi connectivity index (χ1) is 12.7. The Morgan fingerprint density at radius 1 is 1.22 bits per heavy atom. The second-order valence-electron chi connectivity index (χ2n) is 7.25. The molecule has 2 N–H and O–H groups in total. The van der Waals surface area contributed by atoms with Gasteiger partial charge in [-0.15, -0.1) is 0 Å². The van der Waals surface area contributed by atoms with Crippen LogP contribution in [0.2, 0.25) is 0 Å². The Hall–Kier alpha value is -2.00. The number of carbonyl (C=O) groups is 2. The molecule has 2 heterocycles. The number of fused-ring (bicyclic) bond motifs is 1. The third-order valence-electron chi connectivity index (χ3n) is 4.57. The highest BCUT2D eigenvalue weighted by Crippen LogP contribution is 2.33. The standard InChI is InChI=1S/C19H25NO7/c1-10(21)12-5-7-13(8-6-12)25-18-15(20-11(2)22)16(23)17-14(26-18)9-24-19(3,4)27-17/h5-8,14-18,23H,9H2,1-4H3,(H,20,22)/t14-,15+,16+,17-,18-/m1/s1. The topological polar surface area (TPSA) is 103 Å². The van der Waals surface area contributed by atoms with Crippen molar-refractivity contribution in [3.05, 3.63) is 29.8 Å². The summed E-state index contributed by atoms with van der Waals surface area (Å²) in [6.07, 6.45) is -3.19. The molecule has 0 spiro atoms. The molecular weight excluding hydrogens is 354 g/mol. The summed E-state index contributed by atoms with van der Waals surface area (Å²) in [5.41, 5.74) is 0.557. The van der Waals surface area contributed by atoms with Crippen molar-refractivity contribution in [1.29, 1.82) is 0 Å². The highest BCUT2D eigenvalue weighted by Gasteiger charge is 2.52. The zero-order chi connectivity index (χ0) is 19.8. The lowest BCUT2D eigenvalue weighted by molar-refractivity contribution is -0.361. The number of Topliss-reactive ketones (excluding diaryl/α,β-unsaturated/α-hetero) is 1. The third kappa shape index (κ3) is 4.47. The number of nitrogens with one attached hydrogen (secondary N) is 1. The van der Waals surface area contributed by atoms with Crippen molar-refractivity contribution in [3.8, 4) is 5.75 Å². The lowest BCUT2D eigenvalue weighted by Gasteiger charge is -2.49. The van der Waals surface area contributed by atoms with E-state index < -0.39 is 36.4 Å². The smallest absolute Gasteiger partial charge is 0.223 e. The number of hydrogen-bond acceptors (Lipinski definition) is 7. The molecule has 8 heteroatoms. The molecule has 8 nitrogen and oxygen atoms in total. The van der Waals surface area contributed by atoms with Gasteiger partial charge in [-0.25, -0.2) is 0 Å². The predicted octanol–water partition coefficient (Wildman–Crippen LogP) is 1.01. The van der Waals surface area contributed by atoms with Gasteiger partial charge in [0.1, 0.15) is 30.1 Å². The number of aliphatic hydroxyl groups is 1. The Labute approximate surface area is 157 Å². The van der Waals surface area contributed by atoms with E-state index >= 15 is 0 Å². The van der Waals surface area contributed by atoms with Gasteiger partial charge in [0.05, 0.1) is 6.61 Å². The lowest BCUT2D eigenvalue weighted by Crippen LogP contribution is -2.69. The number of rotatable bonds is 4. The molecule has 0 bridgehead atoms. The van der Waals surface area contributed by atoms with E-state index in [4.69, 9.17) is 18.9 Å². The Kier molecular flexibility index (Phi) is 5.53. The molecular formula is C19H25NO7. The molecule has 2 aliphatic rings. The van der Waals surface area contributed by atoms with Crippen molar-refractivity contribution in [2.45, 2.75) is 64.1 Å². The van der Waals surface area contributed by atoms with E-state index in [1.807, 2.05) is 0 Å². The van der Waals surface area contributed by atoms with Crippen LogP contribution in [0, 0.1) is 0 Å². The molecule has 1 aromatic rings. The number of hydrogen-bond donors (Lipinski definition) is 2. The summed E-state index contributed by atoms with van der Waals surface area (Å²) in [5, 5.41) is 13.5. The summed E-state index contributed by atoms with van der Waals surface area (Å²) < 4.78 is 23.2. The fourth-order valence-electron chi connectivity index (χ4n) is 3.24. The minimum absolute atomic E-state index is 0.0519. The fraction of sp³-hybridized carbons (Fsp3) is 0.579. The van der Waals surface area contributed by atoms with Gasteiger partial charge in [-0.3, -0.25) is 9.59 Å². The first kappa shape index (κ1) is 19.8. The van der Waals surface area contributed by atoms with Crippen molar-refractivity contribution in [2.75, 3.05) is 6.61 Å². The van der Waals surface area contributed by atoms with Crippen LogP contribution in [0.3, 0.4) is 0 Å². The average Bonchev–Trinajstić information content (AvgIpc) is 2.59. The second kappa shape index (κ2) is 7.55. The maximum atomic E-state index is 11.6. The first-order valence-electron chi connectivity index (χ1n) is 8.86.